The van der Waals surface area contributed by atoms with Gasteiger partial charge < -0.3 is 5.73 Å². The second-order valence-corrected chi connectivity index (χ2v) is 4.82. The van der Waals surface area contributed by atoms with E-state index in [9.17, 15) is 4.79 Å². The maximum absolute atomic E-state index is 11.0. The fourth-order valence-electron chi connectivity index (χ4n) is 0.770. The van der Waals surface area contributed by atoms with Crippen LogP contribution in [0.3, 0.4) is 0 Å². The lowest BCUT2D eigenvalue weighted by atomic mass is 10.5. The second kappa shape index (κ2) is 4.26. The standard InChI is InChI=1S/C6H11NOS2/c7-4-5(8)6-9-2-1-3-10-6/h6H,1-4,7H2. The molecule has 0 aromatic carbocycles. The van der Waals surface area contributed by atoms with Crippen molar-refractivity contribution in [2.75, 3.05) is 18.1 Å². The number of thioether (sulfide) groups is 2. The number of carbonyl (C=O) groups is 1. The van der Waals surface area contributed by atoms with E-state index in [4.69, 9.17) is 5.73 Å². The van der Waals surface area contributed by atoms with Gasteiger partial charge in [-0.05, 0) is 17.9 Å². The molecule has 0 atom stereocenters. The number of hydrogen-bond acceptors (Lipinski definition) is 4. The topological polar surface area (TPSA) is 43.1 Å². The zero-order chi connectivity index (χ0) is 7.40. The van der Waals surface area contributed by atoms with Crippen LogP contribution in [0.4, 0.5) is 0 Å². The van der Waals surface area contributed by atoms with Crippen LogP contribution in [0.2, 0.25) is 0 Å². The summed E-state index contributed by atoms with van der Waals surface area (Å²) in [5.41, 5.74) is 5.23. The lowest BCUT2D eigenvalue weighted by Crippen LogP contribution is -2.25. The molecule has 0 amide bonds. The molecule has 1 aliphatic heterocycles. The predicted molar refractivity (Wildman–Crippen MR) is 47.4 cm³/mol. The molecule has 1 fully saturated rings. The summed E-state index contributed by atoms with van der Waals surface area (Å²) in [6.45, 7) is 0.199. The zero-order valence-corrected chi connectivity index (χ0v) is 7.34. The van der Waals surface area contributed by atoms with Crippen molar-refractivity contribution in [2.24, 2.45) is 5.73 Å². The predicted octanol–water partition coefficient (Wildman–Crippen LogP) is 0.710. The highest BCUT2D eigenvalue weighted by Crippen LogP contribution is 2.30. The van der Waals surface area contributed by atoms with Crippen LogP contribution in [-0.2, 0) is 4.79 Å². The number of rotatable bonds is 2. The summed E-state index contributed by atoms with van der Waals surface area (Å²) < 4.78 is 0.138. The highest BCUT2D eigenvalue weighted by molar-refractivity contribution is 8.18. The van der Waals surface area contributed by atoms with E-state index in [0.29, 0.717) is 0 Å². The average molecular weight is 177 g/mol. The van der Waals surface area contributed by atoms with Crippen LogP contribution in [0.1, 0.15) is 6.42 Å². The van der Waals surface area contributed by atoms with Crippen LogP contribution in [0.5, 0.6) is 0 Å². The molecule has 0 radical (unpaired) electrons. The van der Waals surface area contributed by atoms with Gasteiger partial charge in [-0.15, -0.1) is 23.5 Å². The Bertz CT molecular complexity index is 123. The molecule has 0 aromatic rings. The van der Waals surface area contributed by atoms with Crippen molar-refractivity contribution in [1.82, 2.24) is 0 Å². The molecule has 1 saturated heterocycles. The number of hydrogen-bond donors (Lipinski definition) is 1. The Morgan fingerprint density at radius 3 is 2.60 bits per heavy atom. The molecule has 0 unspecified atom stereocenters. The van der Waals surface area contributed by atoms with Crippen molar-refractivity contribution in [2.45, 2.75) is 11.0 Å². The van der Waals surface area contributed by atoms with Crippen LogP contribution >= 0.6 is 23.5 Å². The molecule has 4 heteroatoms. The van der Waals surface area contributed by atoms with Gasteiger partial charge in [-0.2, -0.15) is 0 Å². The van der Waals surface area contributed by atoms with Gasteiger partial charge in [-0.3, -0.25) is 4.79 Å². The van der Waals surface area contributed by atoms with Gasteiger partial charge in [-0.1, -0.05) is 0 Å². The molecule has 1 aliphatic rings. The van der Waals surface area contributed by atoms with E-state index in [1.165, 1.54) is 6.42 Å². The van der Waals surface area contributed by atoms with Crippen LogP contribution in [0, 0.1) is 0 Å². The Balaban J connectivity index is 2.31. The second-order valence-electron chi connectivity index (χ2n) is 2.10. The van der Waals surface area contributed by atoms with Crippen molar-refractivity contribution in [3.05, 3.63) is 0 Å². The first-order valence-electron chi connectivity index (χ1n) is 3.30. The number of nitrogens with two attached hydrogens (primary N) is 1. The highest BCUT2D eigenvalue weighted by Gasteiger charge is 2.20. The Kier molecular flexibility index (Phi) is 3.59. The SMILES string of the molecule is NCC(=O)C1SCCCS1. The quantitative estimate of drug-likeness (QED) is 0.674. The van der Waals surface area contributed by atoms with E-state index >= 15 is 0 Å². The Morgan fingerprint density at radius 1 is 1.50 bits per heavy atom. The van der Waals surface area contributed by atoms with E-state index in [1.54, 1.807) is 23.5 Å². The molecule has 0 aromatic heterocycles. The van der Waals surface area contributed by atoms with Gasteiger partial charge in [-0.25, -0.2) is 0 Å². The molecular weight excluding hydrogens is 166 g/mol. The Hall–Kier alpha value is 0.330. The minimum absolute atomic E-state index is 0.138. The monoisotopic (exact) mass is 177 g/mol. The normalized spacial score (nSPS) is 20.9. The number of Topliss-reactive ketones (excluding diaryl/α,β-unsaturated/α-hetero) is 1. The largest absolute Gasteiger partial charge is 0.324 e. The summed E-state index contributed by atoms with van der Waals surface area (Å²) in [5, 5.41) is 0. The number of ketones is 1. The lowest BCUT2D eigenvalue weighted by Gasteiger charge is -2.18. The minimum atomic E-state index is 0.138. The maximum atomic E-state index is 11.0. The average Bonchev–Trinajstić information content (AvgIpc) is 2.05. The molecule has 1 rings (SSSR count). The first-order valence-corrected chi connectivity index (χ1v) is 5.40. The smallest absolute Gasteiger partial charge is 0.169 e. The molecular formula is C6H11NOS2. The first kappa shape index (κ1) is 8.43. The minimum Gasteiger partial charge on any atom is -0.324 e. The van der Waals surface area contributed by atoms with Crippen LogP contribution < -0.4 is 5.73 Å². The van der Waals surface area contributed by atoms with Gasteiger partial charge in [0.2, 0.25) is 0 Å². The molecule has 1 heterocycles. The molecule has 10 heavy (non-hydrogen) atoms. The van der Waals surface area contributed by atoms with Gasteiger partial charge in [0.25, 0.3) is 0 Å². The summed E-state index contributed by atoms with van der Waals surface area (Å²) in [7, 11) is 0. The Labute approximate surface area is 69.3 Å². The van der Waals surface area contributed by atoms with E-state index in [0.717, 1.165) is 11.5 Å². The highest BCUT2D eigenvalue weighted by atomic mass is 32.2. The van der Waals surface area contributed by atoms with Crippen LogP contribution in [-0.4, -0.2) is 28.4 Å². The fraction of sp³-hybridized carbons (Fsp3) is 0.833. The molecule has 58 valence electrons. The summed E-state index contributed by atoms with van der Waals surface area (Å²) >= 11 is 3.46. The van der Waals surface area contributed by atoms with Crippen LogP contribution in [0.15, 0.2) is 0 Å². The summed E-state index contributed by atoms with van der Waals surface area (Å²) in [6, 6.07) is 0. The van der Waals surface area contributed by atoms with Gasteiger partial charge in [0.15, 0.2) is 5.78 Å². The number of carbonyl (C=O) groups excluding carboxylic acids is 1. The Morgan fingerprint density at radius 2 is 2.10 bits per heavy atom. The third-order valence-corrected chi connectivity index (χ3v) is 4.29. The third kappa shape index (κ3) is 2.18. The summed E-state index contributed by atoms with van der Waals surface area (Å²) in [5.74, 6) is 2.42. The molecule has 2 nitrogen and oxygen atoms in total. The fourth-order valence-corrected chi connectivity index (χ4v) is 3.53. The van der Waals surface area contributed by atoms with Gasteiger partial charge >= 0.3 is 0 Å². The molecule has 0 aliphatic carbocycles. The van der Waals surface area contributed by atoms with E-state index in [2.05, 4.69) is 0 Å². The van der Waals surface area contributed by atoms with Crippen molar-refractivity contribution in [3.8, 4) is 0 Å². The maximum Gasteiger partial charge on any atom is 0.169 e. The van der Waals surface area contributed by atoms with Gasteiger partial charge in [0.1, 0.15) is 4.58 Å². The van der Waals surface area contributed by atoms with Gasteiger partial charge in [0, 0.05) is 0 Å². The van der Waals surface area contributed by atoms with Crippen molar-refractivity contribution < 1.29 is 4.79 Å². The van der Waals surface area contributed by atoms with E-state index in [1.807, 2.05) is 0 Å². The van der Waals surface area contributed by atoms with Crippen LogP contribution in [0.25, 0.3) is 0 Å². The van der Waals surface area contributed by atoms with Crippen molar-refractivity contribution in [1.29, 1.82) is 0 Å². The van der Waals surface area contributed by atoms with Crippen molar-refractivity contribution in [3.63, 3.8) is 0 Å². The summed E-state index contributed by atoms with van der Waals surface area (Å²) in [4.78, 5) is 11.0. The summed E-state index contributed by atoms with van der Waals surface area (Å²) in [6.07, 6.45) is 1.23. The third-order valence-electron chi connectivity index (χ3n) is 1.29. The zero-order valence-electron chi connectivity index (χ0n) is 5.71. The molecule has 0 bridgehead atoms. The molecule has 2 N–H and O–H groups in total. The molecule has 0 saturated carbocycles. The first-order chi connectivity index (χ1) is 4.84. The lowest BCUT2D eigenvalue weighted by molar-refractivity contribution is -0.115. The van der Waals surface area contributed by atoms with Crippen molar-refractivity contribution >= 4 is 29.3 Å². The van der Waals surface area contributed by atoms with E-state index < -0.39 is 0 Å². The van der Waals surface area contributed by atoms with E-state index in [-0.39, 0.29) is 16.9 Å². The molecule has 0 spiro atoms. The van der Waals surface area contributed by atoms with Gasteiger partial charge in [0.05, 0.1) is 6.54 Å².